The lowest BCUT2D eigenvalue weighted by atomic mass is 9.92. The van der Waals surface area contributed by atoms with Gasteiger partial charge >= 0.3 is 0 Å². The second-order valence-corrected chi connectivity index (χ2v) is 5.00. The lowest BCUT2D eigenvalue weighted by molar-refractivity contribution is 0.337. The molecule has 0 spiro atoms. The van der Waals surface area contributed by atoms with E-state index in [1.807, 2.05) is 13.2 Å². The van der Waals surface area contributed by atoms with Gasteiger partial charge < -0.3 is 5.32 Å². The maximum absolute atomic E-state index is 4.05. The molecule has 15 heavy (non-hydrogen) atoms. The Kier molecular flexibility index (Phi) is 2.78. The SMILES string of the molecule is CC(C)C1(CNCc2cn(C)nn2)CC1. The Hall–Kier alpha value is -0.900. The molecule has 4 nitrogen and oxygen atoms in total. The van der Waals surface area contributed by atoms with E-state index in [1.54, 1.807) is 4.68 Å². The summed E-state index contributed by atoms with van der Waals surface area (Å²) in [5.41, 5.74) is 1.60. The van der Waals surface area contributed by atoms with E-state index >= 15 is 0 Å². The summed E-state index contributed by atoms with van der Waals surface area (Å²) in [6.45, 7) is 6.58. The average Bonchev–Trinajstić information content (AvgIpc) is 2.86. The molecule has 0 atom stereocenters. The van der Waals surface area contributed by atoms with Crippen molar-refractivity contribution in [3.05, 3.63) is 11.9 Å². The highest BCUT2D eigenvalue weighted by atomic mass is 15.4. The summed E-state index contributed by atoms with van der Waals surface area (Å²) >= 11 is 0. The highest BCUT2D eigenvalue weighted by Gasteiger charge is 2.44. The van der Waals surface area contributed by atoms with E-state index in [0.29, 0.717) is 5.41 Å². The van der Waals surface area contributed by atoms with Crippen LogP contribution in [0.4, 0.5) is 0 Å². The summed E-state index contributed by atoms with van der Waals surface area (Å²) in [7, 11) is 1.90. The van der Waals surface area contributed by atoms with Crippen LogP contribution in [0.2, 0.25) is 0 Å². The van der Waals surface area contributed by atoms with E-state index in [4.69, 9.17) is 0 Å². The Morgan fingerprint density at radius 2 is 2.27 bits per heavy atom. The van der Waals surface area contributed by atoms with Crippen LogP contribution in [0.5, 0.6) is 0 Å². The Labute approximate surface area is 91.1 Å². The lowest BCUT2D eigenvalue weighted by Gasteiger charge is -2.19. The molecule has 0 amide bonds. The van der Waals surface area contributed by atoms with Gasteiger partial charge in [-0.25, -0.2) is 0 Å². The number of aromatic nitrogens is 3. The van der Waals surface area contributed by atoms with E-state index in [2.05, 4.69) is 29.5 Å². The monoisotopic (exact) mass is 208 g/mol. The van der Waals surface area contributed by atoms with Crippen LogP contribution in [0.15, 0.2) is 6.20 Å². The van der Waals surface area contributed by atoms with Crippen LogP contribution in [-0.2, 0) is 13.6 Å². The zero-order valence-electron chi connectivity index (χ0n) is 9.82. The number of rotatable bonds is 5. The van der Waals surface area contributed by atoms with Gasteiger partial charge in [0.1, 0.15) is 0 Å². The molecule has 84 valence electrons. The van der Waals surface area contributed by atoms with Crippen molar-refractivity contribution >= 4 is 0 Å². The molecule has 2 rings (SSSR count). The Morgan fingerprint density at radius 1 is 1.53 bits per heavy atom. The van der Waals surface area contributed by atoms with Crippen molar-refractivity contribution in [2.24, 2.45) is 18.4 Å². The molecule has 1 aromatic heterocycles. The van der Waals surface area contributed by atoms with Gasteiger partial charge in [-0.3, -0.25) is 4.68 Å². The molecular formula is C11H20N4. The summed E-state index contributed by atoms with van der Waals surface area (Å²) in [4.78, 5) is 0. The quantitative estimate of drug-likeness (QED) is 0.794. The zero-order valence-corrected chi connectivity index (χ0v) is 9.82. The number of hydrogen-bond donors (Lipinski definition) is 1. The van der Waals surface area contributed by atoms with Crippen LogP contribution in [0.25, 0.3) is 0 Å². The van der Waals surface area contributed by atoms with E-state index < -0.39 is 0 Å². The fourth-order valence-corrected chi connectivity index (χ4v) is 2.03. The van der Waals surface area contributed by atoms with Crippen LogP contribution >= 0.6 is 0 Å². The van der Waals surface area contributed by atoms with E-state index in [1.165, 1.54) is 12.8 Å². The highest BCUT2D eigenvalue weighted by Crippen LogP contribution is 2.51. The van der Waals surface area contributed by atoms with Crippen molar-refractivity contribution < 1.29 is 0 Å². The number of hydrogen-bond acceptors (Lipinski definition) is 3. The second kappa shape index (κ2) is 3.93. The third-order valence-corrected chi connectivity index (χ3v) is 3.55. The summed E-state index contributed by atoms with van der Waals surface area (Å²) < 4.78 is 1.74. The van der Waals surface area contributed by atoms with Crippen molar-refractivity contribution in [3.8, 4) is 0 Å². The molecule has 1 aliphatic carbocycles. The summed E-state index contributed by atoms with van der Waals surface area (Å²) in [5, 5.41) is 11.4. The molecule has 0 unspecified atom stereocenters. The average molecular weight is 208 g/mol. The van der Waals surface area contributed by atoms with Gasteiger partial charge in [-0.2, -0.15) is 0 Å². The number of nitrogens with one attached hydrogen (secondary N) is 1. The molecule has 0 radical (unpaired) electrons. The van der Waals surface area contributed by atoms with Crippen LogP contribution in [0.1, 0.15) is 32.4 Å². The first-order chi connectivity index (χ1) is 7.12. The lowest BCUT2D eigenvalue weighted by Crippen LogP contribution is -2.27. The van der Waals surface area contributed by atoms with Gasteiger partial charge in [0, 0.05) is 26.3 Å². The first kappa shape index (κ1) is 10.6. The third kappa shape index (κ3) is 2.37. The molecule has 1 N–H and O–H groups in total. The van der Waals surface area contributed by atoms with Crippen molar-refractivity contribution in [3.63, 3.8) is 0 Å². The molecular weight excluding hydrogens is 188 g/mol. The molecule has 1 aromatic rings. The van der Waals surface area contributed by atoms with Gasteiger partial charge in [-0.05, 0) is 24.2 Å². The van der Waals surface area contributed by atoms with E-state index in [9.17, 15) is 0 Å². The first-order valence-electron chi connectivity index (χ1n) is 5.68. The topological polar surface area (TPSA) is 42.7 Å². The Morgan fingerprint density at radius 3 is 2.73 bits per heavy atom. The van der Waals surface area contributed by atoms with Crippen LogP contribution in [-0.4, -0.2) is 21.5 Å². The molecule has 4 heteroatoms. The van der Waals surface area contributed by atoms with Crippen molar-refractivity contribution in [1.82, 2.24) is 20.3 Å². The fraction of sp³-hybridized carbons (Fsp3) is 0.818. The zero-order chi connectivity index (χ0) is 10.9. The minimum absolute atomic E-state index is 0.572. The summed E-state index contributed by atoms with van der Waals surface area (Å²) in [5.74, 6) is 0.784. The maximum Gasteiger partial charge on any atom is 0.0964 e. The third-order valence-electron chi connectivity index (χ3n) is 3.55. The number of aryl methyl sites for hydroxylation is 1. The van der Waals surface area contributed by atoms with Crippen molar-refractivity contribution in [2.75, 3.05) is 6.54 Å². The van der Waals surface area contributed by atoms with Gasteiger partial charge in [-0.1, -0.05) is 19.1 Å². The molecule has 1 heterocycles. The summed E-state index contributed by atoms with van der Waals surface area (Å²) in [6.07, 6.45) is 4.71. The van der Waals surface area contributed by atoms with Gasteiger partial charge in [-0.15, -0.1) is 5.10 Å². The molecule has 0 saturated heterocycles. The van der Waals surface area contributed by atoms with E-state index in [-0.39, 0.29) is 0 Å². The van der Waals surface area contributed by atoms with Gasteiger partial charge in [0.2, 0.25) is 0 Å². The molecule has 1 fully saturated rings. The minimum Gasteiger partial charge on any atom is -0.310 e. The Balaban J connectivity index is 1.76. The minimum atomic E-state index is 0.572. The largest absolute Gasteiger partial charge is 0.310 e. The van der Waals surface area contributed by atoms with Gasteiger partial charge in [0.15, 0.2) is 0 Å². The van der Waals surface area contributed by atoms with Crippen LogP contribution in [0.3, 0.4) is 0 Å². The van der Waals surface area contributed by atoms with Crippen molar-refractivity contribution in [1.29, 1.82) is 0 Å². The summed E-state index contributed by atoms with van der Waals surface area (Å²) in [6, 6.07) is 0. The molecule has 1 aliphatic rings. The van der Waals surface area contributed by atoms with Crippen LogP contribution < -0.4 is 5.32 Å². The predicted molar refractivity (Wildman–Crippen MR) is 59.2 cm³/mol. The predicted octanol–water partition coefficient (Wildman–Crippen LogP) is 1.34. The maximum atomic E-state index is 4.05. The van der Waals surface area contributed by atoms with Crippen LogP contribution in [0, 0.1) is 11.3 Å². The molecule has 1 saturated carbocycles. The molecule has 0 aromatic carbocycles. The second-order valence-electron chi connectivity index (χ2n) is 5.00. The van der Waals surface area contributed by atoms with Crippen molar-refractivity contribution in [2.45, 2.75) is 33.2 Å². The normalized spacial score (nSPS) is 18.4. The smallest absolute Gasteiger partial charge is 0.0964 e. The Bertz CT molecular complexity index is 325. The molecule has 0 aliphatic heterocycles. The first-order valence-corrected chi connectivity index (χ1v) is 5.68. The van der Waals surface area contributed by atoms with Gasteiger partial charge in [0.25, 0.3) is 0 Å². The molecule has 0 bridgehead atoms. The fourth-order valence-electron chi connectivity index (χ4n) is 2.03. The number of nitrogens with zero attached hydrogens (tertiary/aromatic N) is 3. The highest BCUT2D eigenvalue weighted by molar-refractivity contribution is 4.98. The standard InChI is InChI=1S/C11H20N4/c1-9(2)11(4-5-11)8-12-6-10-7-15(3)14-13-10/h7,9,12H,4-6,8H2,1-3H3. The van der Waals surface area contributed by atoms with E-state index in [0.717, 1.165) is 24.7 Å². The van der Waals surface area contributed by atoms with Gasteiger partial charge in [0.05, 0.1) is 5.69 Å².